The van der Waals surface area contributed by atoms with Crippen LogP contribution in [0.25, 0.3) is 0 Å². The van der Waals surface area contributed by atoms with Gasteiger partial charge in [0.15, 0.2) is 5.78 Å². The third kappa shape index (κ3) is 7.58. The molecule has 0 spiro atoms. The standard InChI is InChI=1S/C16H23NO4/c1-13-5-7-14(8-6-13)15(18)4-3-9-17-16(19)12-21-11-10-20-2/h5-8H,3-4,9-12H2,1-2H3,(H,17,19). The summed E-state index contributed by atoms with van der Waals surface area (Å²) in [5, 5.41) is 2.72. The van der Waals surface area contributed by atoms with Crippen molar-refractivity contribution in [3.05, 3.63) is 35.4 Å². The Labute approximate surface area is 125 Å². The van der Waals surface area contributed by atoms with Crippen LogP contribution < -0.4 is 5.32 Å². The summed E-state index contributed by atoms with van der Waals surface area (Å²) in [4.78, 5) is 23.3. The summed E-state index contributed by atoms with van der Waals surface area (Å²) in [5.74, 6) is -0.0746. The summed E-state index contributed by atoms with van der Waals surface area (Å²) in [6, 6.07) is 7.51. The third-order valence-electron chi connectivity index (χ3n) is 2.94. The van der Waals surface area contributed by atoms with Crippen LogP contribution in [0.2, 0.25) is 0 Å². The Hall–Kier alpha value is -1.72. The number of Topliss-reactive ketones (excluding diaryl/α,β-unsaturated/α-hetero) is 1. The molecule has 1 amide bonds. The van der Waals surface area contributed by atoms with Crippen LogP contribution in [0.3, 0.4) is 0 Å². The van der Waals surface area contributed by atoms with Gasteiger partial charge in [-0.05, 0) is 13.3 Å². The number of amides is 1. The van der Waals surface area contributed by atoms with Crippen molar-refractivity contribution in [1.82, 2.24) is 5.32 Å². The molecular formula is C16H23NO4. The third-order valence-corrected chi connectivity index (χ3v) is 2.94. The molecule has 0 aliphatic heterocycles. The number of aryl methyl sites for hydroxylation is 1. The van der Waals surface area contributed by atoms with Crippen molar-refractivity contribution in [3.63, 3.8) is 0 Å². The van der Waals surface area contributed by atoms with Crippen molar-refractivity contribution in [2.24, 2.45) is 0 Å². The lowest BCUT2D eigenvalue weighted by atomic mass is 10.1. The molecule has 1 aromatic rings. The lowest BCUT2D eigenvalue weighted by Crippen LogP contribution is -2.29. The van der Waals surface area contributed by atoms with E-state index in [2.05, 4.69) is 5.32 Å². The number of carbonyl (C=O) groups is 2. The molecule has 0 heterocycles. The Bertz CT molecular complexity index is 442. The van der Waals surface area contributed by atoms with E-state index in [1.54, 1.807) is 7.11 Å². The predicted octanol–water partition coefficient (Wildman–Crippen LogP) is 1.74. The van der Waals surface area contributed by atoms with Gasteiger partial charge < -0.3 is 14.8 Å². The van der Waals surface area contributed by atoms with Crippen LogP contribution in [0, 0.1) is 6.92 Å². The predicted molar refractivity (Wildman–Crippen MR) is 80.4 cm³/mol. The van der Waals surface area contributed by atoms with Gasteiger partial charge in [0.1, 0.15) is 6.61 Å². The summed E-state index contributed by atoms with van der Waals surface area (Å²) in [6.45, 7) is 3.35. The summed E-state index contributed by atoms with van der Waals surface area (Å²) in [5.41, 5.74) is 1.85. The van der Waals surface area contributed by atoms with E-state index in [0.29, 0.717) is 32.6 Å². The van der Waals surface area contributed by atoms with Crippen LogP contribution in [0.5, 0.6) is 0 Å². The Morgan fingerprint density at radius 1 is 1.14 bits per heavy atom. The fourth-order valence-electron chi connectivity index (χ4n) is 1.72. The first-order valence-corrected chi connectivity index (χ1v) is 7.06. The highest BCUT2D eigenvalue weighted by atomic mass is 16.5. The average molecular weight is 293 g/mol. The first-order valence-electron chi connectivity index (χ1n) is 7.06. The fraction of sp³-hybridized carbons (Fsp3) is 0.500. The molecule has 116 valence electrons. The van der Waals surface area contributed by atoms with Gasteiger partial charge in [-0.25, -0.2) is 0 Å². The van der Waals surface area contributed by atoms with Gasteiger partial charge in [0.25, 0.3) is 0 Å². The van der Waals surface area contributed by atoms with Gasteiger partial charge >= 0.3 is 0 Å². The number of benzene rings is 1. The van der Waals surface area contributed by atoms with E-state index >= 15 is 0 Å². The molecule has 0 saturated heterocycles. The molecule has 1 N–H and O–H groups in total. The fourth-order valence-corrected chi connectivity index (χ4v) is 1.72. The van der Waals surface area contributed by atoms with Gasteiger partial charge in [-0.15, -0.1) is 0 Å². The molecule has 0 saturated carbocycles. The van der Waals surface area contributed by atoms with E-state index in [9.17, 15) is 9.59 Å². The number of ether oxygens (including phenoxy) is 2. The lowest BCUT2D eigenvalue weighted by Gasteiger charge is -2.06. The van der Waals surface area contributed by atoms with E-state index < -0.39 is 0 Å². The molecule has 0 aromatic heterocycles. The zero-order valence-electron chi connectivity index (χ0n) is 12.7. The van der Waals surface area contributed by atoms with Crippen LogP contribution in [-0.4, -0.2) is 45.2 Å². The molecule has 0 radical (unpaired) electrons. The number of methoxy groups -OCH3 is 1. The van der Waals surface area contributed by atoms with E-state index in [1.807, 2.05) is 31.2 Å². The number of carbonyl (C=O) groups excluding carboxylic acids is 2. The van der Waals surface area contributed by atoms with Gasteiger partial charge in [0, 0.05) is 25.6 Å². The Morgan fingerprint density at radius 3 is 2.52 bits per heavy atom. The summed E-state index contributed by atoms with van der Waals surface area (Å²) < 4.78 is 9.89. The molecule has 0 atom stereocenters. The number of hydrogen-bond donors (Lipinski definition) is 1. The van der Waals surface area contributed by atoms with Crippen LogP contribution >= 0.6 is 0 Å². The quantitative estimate of drug-likeness (QED) is 0.527. The van der Waals surface area contributed by atoms with Crippen molar-refractivity contribution in [2.75, 3.05) is 33.5 Å². The van der Waals surface area contributed by atoms with Gasteiger partial charge in [0.05, 0.1) is 13.2 Å². The molecule has 5 heteroatoms. The number of hydrogen-bond acceptors (Lipinski definition) is 4. The van der Waals surface area contributed by atoms with E-state index in [4.69, 9.17) is 9.47 Å². The molecule has 1 aromatic carbocycles. The van der Waals surface area contributed by atoms with E-state index in [0.717, 1.165) is 11.1 Å². The number of nitrogens with one attached hydrogen (secondary N) is 1. The maximum absolute atomic E-state index is 11.9. The second kappa shape index (κ2) is 10.1. The zero-order valence-corrected chi connectivity index (χ0v) is 12.7. The van der Waals surface area contributed by atoms with Crippen molar-refractivity contribution < 1.29 is 19.1 Å². The highest BCUT2D eigenvalue weighted by molar-refractivity contribution is 5.96. The maximum atomic E-state index is 11.9. The average Bonchev–Trinajstić information content (AvgIpc) is 2.48. The van der Waals surface area contributed by atoms with Crippen molar-refractivity contribution in [2.45, 2.75) is 19.8 Å². The summed E-state index contributed by atoms with van der Waals surface area (Å²) in [7, 11) is 1.58. The van der Waals surface area contributed by atoms with E-state index in [-0.39, 0.29) is 18.3 Å². The van der Waals surface area contributed by atoms with Crippen molar-refractivity contribution in [3.8, 4) is 0 Å². The SMILES string of the molecule is COCCOCC(=O)NCCCC(=O)c1ccc(C)cc1. The molecule has 5 nitrogen and oxygen atoms in total. The molecule has 0 aliphatic rings. The first kappa shape index (κ1) is 17.3. The zero-order chi connectivity index (χ0) is 15.5. The van der Waals surface area contributed by atoms with Gasteiger partial charge in [0.2, 0.25) is 5.91 Å². The Kier molecular flexibility index (Phi) is 8.31. The largest absolute Gasteiger partial charge is 0.382 e. The highest BCUT2D eigenvalue weighted by Gasteiger charge is 2.06. The van der Waals surface area contributed by atoms with Gasteiger partial charge in [-0.2, -0.15) is 0 Å². The highest BCUT2D eigenvalue weighted by Crippen LogP contribution is 2.07. The second-order valence-corrected chi connectivity index (χ2v) is 4.79. The minimum Gasteiger partial charge on any atom is -0.382 e. The van der Waals surface area contributed by atoms with Crippen LogP contribution in [0.1, 0.15) is 28.8 Å². The first-order chi connectivity index (χ1) is 10.1. The lowest BCUT2D eigenvalue weighted by molar-refractivity contribution is -0.126. The summed E-state index contributed by atoms with van der Waals surface area (Å²) in [6.07, 6.45) is 1.05. The molecule has 0 aliphatic carbocycles. The minimum atomic E-state index is -0.172. The number of ketones is 1. The van der Waals surface area contributed by atoms with Crippen LogP contribution in [0.4, 0.5) is 0 Å². The number of rotatable bonds is 10. The smallest absolute Gasteiger partial charge is 0.245 e. The molecular weight excluding hydrogens is 270 g/mol. The van der Waals surface area contributed by atoms with E-state index in [1.165, 1.54) is 0 Å². The minimum absolute atomic E-state index is 0.0231. The van der Waals surface area contributed by atoms with Crippen molar-refractivity contribution >= 4 is 11.7 Å². The normalized spacial score (nSPS) is 10.4. The van der Waals surface area contributed by atoms with Gasteiger partial charge in [-0.1, -0.05) is 29.8 Å². The molecule has 0 unspecified atom stereocenters. The van der Waals surface area contributed by atoms with Crippen LogP contribution in [-0.2, 0) is 14.3 Å². The summed E-state index contributed by atoms with van der Waals surface area (Å²) >= 11 is 0. The monoisotopic (exact) mass is 293 g/mol. The maximum Gasteiger partial charge on any atom is 0.245 e. The topological polar surface area (TPSA) is 64.6 Å². The van der Waals surface area contributed by atoms with Crippen LogP contribution in [0.15, 0.2) is 24.3 Å². The Morgan fingerprint density at radius 2 is 1.86 bits per heavy atom. The second-order valence-electron chi connectivity index (χ2n) is 4.79. The molecule has 21 heavy (non-hydrogen) atoms. The van der Waals surface area contributed by atoms with Crippen molar-refractivity contribution in [1.29, 1.82) is 0 Å². The van der Waals surface area contributed by atoms with Gasteiger partial charge in [-0.3, -0.25) is 9.59 Å². The molecule has 0 fully saturated rings. The Balaban J connectivity index is 2.12. The molecule has 1 rings (SSSR count). The molecule has 0 bridgehead atoms.